The maximum absolute atomic E-state index is 14.1. The Morgan fingerprint density at radius 3 is 2.43 bits per heavy atom. The van der Waals surface area contributed by atoms with Gasteiger partial charge in [-0.2, -0.15) is 0 Å². The number of sulfone groups is 1. The Morgan fingerprint density at radius 2 is 1.77 bits per heavy atom. The highest BCUT2D eigenvalue weighted by atomic mass is 32.2. The topological polar surface area (TPSA) is 90.5 Å². The predicted octanol–water partition coefficient (Wildman–Crippen LogP) is 3.02. The van der Waals surface area contributed by atoms with E-state index in [4.69, 9.17) is 0 Å². The summed E-state index contributed by atoms with van der Waals surface area (Å²) in [5.74, 6) is -0.978. The second-order valence-corrected chi connectivity index (χ2v) is 9.17. The molecule has 0 aliphatic carbocycles. The lowest BCUT2D eigenvalue weighted by Gasteiger charge is -2.18. The fraction of sp³-hybridized carbons (Fsp3) is 0.350. The van der Waals surface area contributed by atoms with Crippen molar-refractivity contribution < 1.29 is 22.0 Å². The van der Waals surface area contributed by atoms with Gasteiger partial charge in [-0.3, -0.25) is 0 Å². The Labute approximate surface area is 175 Å². The number of hydrogen-bond acceptors (Lipinski definition) is 5. The number of urea groups is 1. The summed E-state index contributed by atoms with van der Waals surface area (Å²) in [5.41, 5.74) is 1.17. The third-order valence-electron chi connectivity index (χ3n) is 4.27. The minimum atomic E-state index is -3.06. The van der Waals surface area contributed by atoms with E-state index >= 15 is 0 Å². The van der Waals surface area contributed by atoms with E-state index in [0.717, 1.165) is 5.56 Å². The Hall–Kier alpha value is -2.56. The molecule has 164 valence electrons. The molecule has 0 aromatic heterocycles. The van der Waals surface area contributed by atoms with Crippen LogP contribution in [0.4, 0.5) is 25.0 Å². The highest BCUT2D eigenvalue weighted by Crippen LogP contribution is 2.18. The number of rotatable bonds is 10. The molecule has 0 spiro atoms. The van der Waals surface area contributed by atoms with Crippen LogP contribution in [0.5, 0.6) is 0 Å². The third kappa shape index (κ3) is 8.05. The van der Waals surface area contributed by atoms with Gasteiger partial charge in [-0.15, -0.1) is 0 Å². The number of likely N-dealkylation sites (N-methyl/N-ethyl adjacent to an activating group) is 1. The van der Waals surface area contributed by atoms with Crippen LogP contribution in [-0.2, 0) is 16.4 Å². The van der Waals surface area contributed by atoms with Gasteiger partial charge >= 0.3 is 6.03 Å². The van der Waals surface area contributed by atoms with Gasteiger partial charge in [-0.25, -0.2) is 22.0 Å². The van der Waals surface area contributed by atoms with Crippen molar-refractivity contribution in [1.29, 1.82) is 0 Å². The molecular formula is C20H26F2N4O3S. The third-order valence-corrected chi connectivity index (χ3v) is 5.79. The van der Waals surface area contributed by atoms with Crippen molar-refractivity contribution in [3.63, 3.8) is 0 Å². The molecule has 10 heteroatoms. The van der Waals surface area contributed by atoms with Crippen molar-refractivity contribution in [2.75, 3.05) is 42.4 Å². The number of nitrogens with one attached hydrogen (secondary N) is 3. The van der Waals surface area contributed by atoms with Gasteiger partial charge in [0.25, 0.3) is 0 Å². The summed E-state index contributed by atoms with van der Waals surface area (Å²) in [7, 11) is -1.20. The van der Waals surface area contributed by atoms with Crippen molar-refractivity contribution in [1.82, 2.24) is 10.2 Å². The van der Waals surface area contributed by atoms with E-state index in [1.807, 2.05) is 11.9 Å². The second kappa shape index (κ2) is 11.0. The summed E-state index contributed by atoms with van der Waals surface area (Å²) < 4.78 is 49.9. The lowest BCUT2D eigenvalue weighted by atomic mass is 10.2. The minimum absolute atomic E-state index is 0.0210. The number of carbonyl (C=O) groups is 1. The molecule has 3 N–H and O–H groups in total. The van der Waals surface area contributed by atoms with Crippen molar-refractivity contribution in [2.24, 2.45) is 0 Å². The van der Waals surface area contributed by atoms with E-state index in [-0.39, 0.29) is 17.3 Å². The van der Waals surface area contributed by atoms with Crippen molar-refractivity contribution in [3.8, 4) is 0 Å². The number of hydrogen-bond donors (Lipinski definition) is 3. The first kappa shape index (κ1) is 23.7. The number of anilines is 2. The smallest absolute Gasteiger partial charge is 0.308 e. The van der Waals surface area contributed by atoms with Crippen LogP contribution in [0.2, 0.25) is 0 Å². The Kier molecular flexibility index (Phi) is 8.70. The summed E-state index contributed by atoms with van der Waals surface area (Å²) in [6, 6.07) is 8.98. The van der Waals surface area contributed by atoms with Gasteiger partial charge in [0.05, 0.1) is 11.6 Å². The zero-order valence-corrected chi connectivity index (χ0v) is 17.7. The van der Waals surface area contributed by atoms with Crippen molar-refractivity contribution >= 4 is 27.2 Å². The molecule has 2 rings (SSSR count). The number of carbonyl (C=O) groups excluding carboxylic acids is 1. The molecule has 0 saturated carbocycles. The van der Waals surface area contributed by atoms with E-state index in [1.54, 1.807) is 13.0 Å². The van der Waals surface area contributed by atoms with Gasteiger partial charge in [-0.1, -0.05) is 13.0 Å². The van der Waals surface area contributed by atoms with Crippen LogP contribution in [0.1, 0.15) is 12.5 Å². The molecule has 0 atom stereocenters. The van der Waals surface area contributed by atoms with E-state index in [9.17, 15) is 22.0 Å². The average Bonchev–Trinajstić information content (AvgIpc) is 2.69. The molecule has 0 bridgehead atoms. The maximum Gasteiger partial charge on any atom is 0.323 e. The highest BCUT2D eigenvalue weighted by Gasteiger charge is 2.10. The average molecular weight is 441 g/mol. The minimum Gasteiger partial charge on any atom is -0.308 e. The molecule has 0 fully saturated rings. The number of benzene rings is 2. The van der Waals surface area contributed by atoms with Gasteiger partial charge in [-0.05, 0) is 49.0 Å². The number of amides is 2. The molecule has 0 unspecified atom stereocenters. The molecule has 30 heavy (non-hydrogen) atoms. The summed E-state index contributed by atoms with van der Waals surface area (Å²) in [4.78, 5) is 14.0. The van der Waals surface area contributed by atoms with E-state index in [2.05, 4.69) is 16.0 Å². The summed E-state index contributed by atoms with van der Waals surface area (Å²) in [5, 5.41) is 7.84. The fourth-order valence-electron chi connectivity index (χ4n) is 2.57. The first-order chi connectivity index (χ1) is 14.2. The van der Waals surface area contributed by atoms with Gasteiger partial charge < -0.3 is 20.9 Å². The summed E-state index contributed by atoms with van der Waals surface area (Å²) in [6.45, 7) is 3.16. The van der Waals surface area contributed by atoms with Gasteiger partial charge in [0.15, 0.2) is 9.84 Å². The zero-order valence-electron chi connectivity index (χ0n) is 16.9. The quantitative estimate of drug-likeness (QED) is 0.494. The Morgan fingerprint density at radius 1 is 1.07 bits per heavy atom. The lowest BCUT2D eigenvalue weighted by Crippen LogP contribution is -2.32. The number of halogens is 2. The fourth-order valence-corrected chi connectivity index (χ4v) is 3.23. The molecular weight excluding hydrogens is 414 g/mol. The predicted molar refractivity (Wildman–Crippen MR) is 114 cm³/mol. The molecule has 0 aliphatic heterocycles. The molecule has 7 nitrogen and oxygen atoms in total. The van der Waals surface area contributed by atoms with Crippen LogP contribution in [0.15, 0.2) is 42.5 Å². The zero-order chi connectivity index (χ0) is 22.1. The second-order valence-electron chi connectivity index (χ2n) is 6.81. The van der Waals surface area contributed by atoms with Crippen LogP contribution in [-0.4, -0.2) is 51.1 Å². The van der Waals surface area contributed by atoms with Gasteiger partial charge in [0.2, 0.25) is 0 Å². The maximum atomic E-state index is 14.1. The van der Waals surface area contributed by atoms with E-state index in [1.165, 1.54) is 36.4 Å². The Bertz CT molecular complexity index is 953. The van der Waals surface area contributed by atoms with Crippen LogP contribution in [0, 0.1) is 11.6 Å². The summed E-state index contributed by atoms with van der Waals surface area (Å²) >= 11 is 0. The monoisotopic (exact) mass is 440 g/mol. The van der Waals surface area contributed by atoms with Crippen molar-refractivity contribution in [3.05, 3.63) is 59.7 Å². The van der Waals surface area contributed by atoms with E-state index in [0.29, 0.717) is 25.3 Å². The molecule has 2 amide bonds. The number of nitrogens with zero attached hydrogens (tertiary/aromatic N) is 1. The first-order valence-electron chi connectivity index (χ1n) is 9.40. The normalized spacial score (nSPS) is 11.5. The summed E-state index contributed by atoms with van der Waals surface area (Å²) in [6.07, 6.45) is 0. The van der Waals surface area contributed by atoms with Crippen LogP contribution in [0.25, 0.3) is 0 Å². The van der Waals surface area contributed by atoms with Gasteiger partial charge in [0.1, 0.15) is 11.6 Å². The van der Waals surface area contributed by atoms with Crippen LogP contribution < -0.4 is 16.0 Å². The molecule has 0 saturated heterocycles. The Balaban J connectivity index is 1.87. The highest BCUT2D eigenvalue weighted by molar-refractivity contribution is 7.91. The standard InChI is InChI=1S/C20H26F2N4O3S/c1-3-30(28,29)14-23-10-11-26(2)13-15-4-9-18(22)19(12-15)25-20(27)24-17-7-5-16(21)6-8-17/h4-9,12,23H,3,10-11,13-14H2,1-2H3,(H2,24,25,27). The van der Waals surface area contributed by atoms with Gasteiger partial charge in [0, 0.05) is 31.1 Å². The van der Waals surface area contributed by atoms with Crippen LogP contribution in [0.3, 0.4) is 0 Å². The molecule has 0 heterocycles. The largest absolute Gasteiger partial charge is 0.323 e. The van der Waals surface area contributed by atoms with Crippen molar-refractivity contribution in [2.45, 2.75) is 13.5 Å². The molecule has 2 aromatic carbocycles. The molecule has 2 aromatic rings. The first-order valence-corrected chi connectivity index (χ1v) is 11.2. The lowest BCUT2D eigenvalue weighted by molar-refractivity contribution is 0.262. The van der Waals surface area contributed by atoms with Crippen LogP contribution >= 0.6 is 0 Å². The molecule has 0 aliphatic rings. The molecule has 0 radical (unpaired) electrons. The SMILES string of the molecule is CCS(=O)(=O)CNCCN(C)Cc1ccc(F)c(NC(=O)Nc2ccc(F)cc2)c1. The van der Waals surface area contributed by atoms with E-state index < -0.39 is 27.5 Å².